The number of aliphatic imine (C=N–C) groups is 1. The van der Waals surface area contributed by atoms with Gasteiger partial charge in [-0.2, -0.15) is 0 Å². The van der Waals surface area contributed by atoms with Crippen LogP contribution < -0.4 is 10.6 Å². The van der Waals surface area contributed by atoms with E-state index in [1.165, 1.54) is 22.9 Å². The van der Waals surface area contributed by atoms with Gasteiger partial charge in [0.25, 0.3) is 0 Å². The summed E-state index contributed by atoms with van der Waals surface area (Å²) in [6.45, 7) is 3.41. The molecule has 3 rings (SSSR count). The summed E-state index contributed by atoms with van der Waals surface area (Å²) in [7, 11) is 3.75. The highest BCUT2D eigenvalue weighted by atomic mass is 127. The van der Waals surface area contributed by atoms with Crippen molar-refractivity contribution in [3.05, 3.63) is 46.0 Å². The molecule has 1 aliphatic rings. The van der Waals surface area contributed by atoms with Crippen LogP contribution in [0.5, 0.6) is 0 Å². The summed E-state index contributed by atoms with van der Waals surface area (Å²) in [6, 6.07) is 8.47. The van der Waals surface area contributed by atoms with Gasteiger partial charge in [0.1, 0.15) is 5.82 Å². The van der Waals surface area contributed by atoms with Gasteiger partial charge in [0.2, 0.25) is 0 Å². The largest absolute Gasteiger partial charge is 0.356 e. The van der Waals surface area contributed by atoms with Crippen LogP contribution in [0.2, 0.25) is 0 Å². The monoisotopic (exact) mass is 518 g/mol. The summed E-state index contributed by atoms with van der Waals surface area (Å²) < 4.78 is 3.16. The second kappa shape index (κ2) is 8.48. The quantitative estimate of drug-likeness (QED) is 0.363. The topological polar surface area (TPSA) is 67.1 Å². The normalized spacial score (nSPS) is 15.4. The summed E-state index contributed by atoms with van der Waals surface area (Å²) in [4.78, 5) is 4.31. The van der Waals surface area contributed by atoms with Crippen molar-refractivity contribution in [2.24, 2.45) is 12.0 Å². The fraction of sp³-hybridized carbons (Fsp3) is 0.471. The van der Waals surface area contributed by atoms with Crippen molar-refractivity contribution in [3.8, 4) is 0 Å². The number of halogens is 2. The number of rotatable bonds is 5. The first-order chi connectivity index (χ1) is 11.6. The van der Waals surface area contributed by atoms with Crippen LogP contribution in [0.25, 0.3) is 0 Å². The Morgan fingerprint density at radius 3 is 2.56 bits per heavy atom. The van der Waals surface area contributed by atoms with Crippen LogP contribution in [-0.4, -0.2) is 34.3 Å². The maximum Gasteiger partial charge on any atom is 0.191 e. The number of hydrogen-bond acceptors (Lipinski definition) is 3. The van der Waals surface area contributed by atoms with Gasteiger partial charge >= 0.3 is 0 Å². The molecule has 0 atom stereocenters. The Bertz CT molecular complexity index is 753. The van der Waals surface area contributed by atoms with E-state index in [1.54, 1.807) is 7.05 Å². The van der Waals surface area contributed by atoms with Gasteiger partial charge in [-0.25, -0.2) is 0 Å². The van der Waals surface area contributed by atoms with Gasteiger partial charge in [-0.1, -0.05) is 34.1 Å². The van der Waals surface area contributed by atoms with Gasteiger partial charge in [0.15, 0.2) is 11.8 Å². The van der Waals surface area contributed by atoms with Crippen LogP contribution in [0.3, 0.4) is 0 Å². The number of hydrogen-bond donors (Lipinski definition) is 2. The summed E-state index contributed by atoms with van der Waals surface area (Å²) in [5.74, 6) is 2.58. The van der Waals surface area contributed by atoms with E-state index in [1.807, 2.05) is 18.5 Å². The molecule has 25 heavy (non-hydrogen) atoms. The standard InChI is InChI=1S/C17H23BrN6.HI/c1-12-22-23-15(24(12)3)10-20-16(19-2)21-11-17(8-9-17)13-6-4-5-7-14(13)18;/h4-7H,8-11H2,1-3H3,(H2,19,20,21);1H. The molecule has 2 N–H and O–H groups in total. The molecule has 8 heteroatoms. The zero-order valence-electron chi connectivity index (χ0n) is 14.7. The average Bonchev–Trinajstić information content (AvgIpc) is 3.31. The Kier molecular flexibility index (Phi) is 6.84. The van der Waals surface area contributed by atoms with Gasteiger partial charge in [-0.05, 0) is 31.4 Å². The van der Waals surface area contributed by atoms with E-state index in [-0.39, 0.29) is 29.4 Å². The minimum atomic E-state index is 0. The molecule has 1 aromatic heterocycles. The zero-order valence-corrected chi connectivity index (χ0v) is 18.6. The van der Waals surface area contributed by atoms with E-state index >= 15 is 0 Å². The van der Waals surface area contributed by atoms with Crippen molar-refractivity contribution in [2.75, 3.05) is 13.6 Å². The number of aromatic nitrogens is 3. The molecule has 136 valence electrons. The Morgan fingerprint density at radius 2 is 2.00 bits per heavy atom. The molecule has 1 saturated carbocycles. The van der Waals surface area contributed by atoms with Crippen LogP contribution in [-0.2, 0) is 19.0 Å². The van der Waals surface area contributed by atoms with Crippen molar-refractivity contribution < 1.29 is 0 Å². The summed E-state index contributed by atoms with van der Waals surface area (Å²) >= 11 is 3.68. The van der Waals surface area contributed by atoms with E-state index in [2.05, 4.69) is 66.0 Å². The molecular weight excluding hydrogens is 495 g/mol. The average molecular weight is 519 g/mol. The van der Waals surface area contributed by atoms with Crippen LogP contribution in [0, 0.1) is 6.92 Å². The van der Waals surface area contributed by atoms with E-state index in [9.17, 15) is 0 Å². The van der Waals surface area contributed by atoms with E-state index < -0.39 is 0 Å². The van der Waals surface area contributed by atoms with Gasteiger partial charge in [0.05, 0.1) is 6.54 Å². The third-order valence-corrected chi connectivity index (χ3v) is 5.40. The third kappa shape index (κ3) is 4.52. The molecule has 0 unspecified atom stereocenters. The molecule has 1 heterocycles. The smallest absolute Gasteiger partial charge is 0.191 e. The molecule has 1 fully saturated rings. The van der Waals surface area contributed by atoms with E-state index in [0.29, 0.717) is 6.54 Å². The Balaban J connectivity index is 0.00000225. The highest BCUT2D eigenvalue weighted by molar-refractivity contribution is 14.0. The fourth-order valence-electron chi connectivity index (χ4n) is 2.82. The van der Waals surface area contributed by atoms with Crippen molar-refractivity contribution in [2.45, 2.75) is 31.7 Å². The summed E-state index contributed by atoms with van der Waals surface area (Å²) in [5, 5.41) is 15.0. The first-order valence-electron chi connectivity index (χ1n) is 8.10. The molecule has 1 aromatic carbocycles. The second-order valence-corrected chi connectivity index (χ2v) is 7.12. The molecule has 0 spiro atoms. The third-order valence-electron chi connectivity index (χ3n) is 4.71. The van der Waals surface area contributed by atoms with Gasteiger partial charge in [0, 0.05) is 30.5 Å². The Morgan fingerprint density at radius 1 is 1.28 bits per heavy atom. The first-order valence-corrected chi connectivity index (χ1v) is 8.89. The molecule has 0 aliphatic heterocycles. The molecular formula is C17H24BrIN6. The predicted octanol–water partition coefficient (Wildman–Crippen LogP) is 2.90. The van der Waals surface area contributed by atoms with E-state index in [4.69, 9.17) is 0 Å². The minimum absolute atomic E-state index is 0. The van der Waals surface area contributed by atoms with Gasteiger partial charge < -0.3 is 15.2 Å². The van der Waals surface area contributed by atoms with Crippen molar-refractivity contribution >= 4 is 45.9 Å². The lowest BCUT2D eigenvalue weighted by Gasteiger charge is -2.20. The van der Waals surface area contributed by atoms with Crippen molar-refractivity contribution in [1.29, 1.82) is 0 Å². The van der Waals surface area contributed by atoms with Crippen molar-refractivity contribution in [1.82, 2.24) is 25.4 Å². The minimum Gasteiger partial charge on any atom is -0.356 e. The lowest BCUT2D eigenvalue weighted by Crippen LogP contribution is -2.41. The van der Waals surface area contributed by atoms with Gasteiger partial charge in [-0.3, -0.25) is 4.99 Å². The summed E-state index contributed by atoms with van der Waals surface area (Å²) in [6.07, 6.45) is 2.39. The summed E-state index contributed by atoms with van der Waals surface area (Å²) in [5.41, 5.74) is 1.58. The zero-order chi connectivity index (χ0) is 17.2. The molecule has 6 nitrogen and oxygen atoms in total. The van der Waals surface area contributed by atoms with Crippen LogP contribution >= 0.6 is 39.9 Å². The molecule has 0 saturated heterocycles. The second-order valence-electron chi connectivity index (χ2n) is 6.26. The fourth-order valence-corrected chi connectivity index (χ4v) is 3.53. The van der Waals surface area contributed by atoms with Gasteiger partial charge in [-0.15, -0.1) is 34.2 Å². The highest BCUT2D eigenvalue weighted by Crippen LogP contribution is 2.49. The first kappa shape index (κ1) is 20.2. The number of nitrogens with one attached hydrogen (secondary N) is 2. The van der Waals surface area contributed by atoms with E-state index in [0.717, 1.165) is 24.2 Å². The van der Waals surface area contributed by atoms with Crippen LogP contribution in [0.15, 0.2) is 33.7 Å². The number of nitrogens with zero attached hydrogens (tertiary/aromatic N) is 4. The molecule has 0 radical (unpaired) electrons. The van der Waals surface area contributed by atoms with Crippen LogP contribution in [0.4, 0.5) is 0 Å². The number of guanidine groups is 1. The van der Waals surface area contributed by atoms with Crippen molar-refractivity contribution in [3.63, 3.8) is 0 Å². The Hall–Kier alpha value is -1.16. The lowest BCUT2D eigenvalue weighted by molar-refractivity contribution is 0.637. The molecule has 1 aliphatic carbocycles. The highest BCUT2D eigenvalue weighted by Gasteiger charge is 2.45. The molecule has 0 bridgehead atoms. The number of benzene rings is 1. The molecule has 2 aromatic rings. The number of aryl methyl sites for hydroxylation is 1. The maximum atomic E-state index is 4.31. The lowest BCUT2D eigenvalue weighted by atomic mass is 9.96. The Labute approximate surface area is 174 Å². The maximum absolute atomic E-state index is 4.31. The SMILES string of the molecule is CN=C(NCc1nnc(C)n1C)NCC1(c2ccccc2Br)CC1.I. The predicted molar refractivity (Wildman–Crippen MR) is 114 cm³/mol. The van der Waals surface area contributed by atoms with Crippen LogP contribution in [0.1, 0.15) is 30.1 Å². The molecule has 0 amide bonds.